The van der Waals surface area contributed by atoms with E-state index in [1.54, 1.807) is 21.5 Å². The number of benzene rings is 1. The first-order valence-corrected chi connectivity index (χ1v) is 8.63. The van der Waals surface area contributed by atoms with Crippen molar-refractivity contribution in [2.45, 2.75) is 13.0 Å². The van der Waals surface area contributed by atoms with Crippen LogP contribution in [-0.2, 0) is 20.0 Å². The molecule has 0 spiro atoms. The van der Waals surface area contributed by atoms with Gasteiger partial charge in [0.15, 0.2) is 0 Å². The van der Waals surface area contributed by atoms with Gasteiger partial charge in [-0.15, -0.1) is 11.3 Å². The van der Waals surface area contributed by atoms with Gasteiger partial charge >= 0.3 is 6.03 Å². The third kappa shape index (κ3) is 4.20. The Kier molecular flexibility index (Phi) is 5.22. The molecule has 2 aromatic heterocycles. The minimum atomic E-state index is -0.187. The smallest absolute Gasteiger partial charge is 0.315 e. The fourth-order valence-electron chi connectivity index (χ4n) is 2.41. The Morgan fingerprint density at radius 2 is 2.08 bits per heavy atom. The van der Waals surface area contributed by atoms with Crippen molar-refractivity contribution in [1.29, 1.82) is 0 Å². The average molecular weight is 341 g/mol. The van der Waals surface area contributed by atoms with Crippen molar-refractivity contribution < 1.29 is 4.79 Å². The maximum absolute atomic E-state index is 11.9. The summed E-state index contributed by atoms with van der Waals surface area (Å²) in [6, 6.07) is 9.77. The molecule has 0 aliphatic carbocycles. The number of urea groups is 1. The number of thiazole rings is 1. The molecule has 0 aliphatic rings. The van der Waals surface area contributed by atoms with Crippen molar-refractivity contribution in [3.8, 4) is 11.3 Å². The molecule has 2 N–H and O–H groups in total. The van der Waals surface area contributed by atoms with Crippen LogP contribution in [0.1, 0.15) is 11.3 Å². The van der Waals surface area contributed by atoms with Crippen LogP contribution in [0, 0.1) is 0 Å². The largest absolute Gasteiger partial charge is 0.338 e. The van der Waals surface area contributed by atoms with Crippen LogP contribution < -0.4 is 10.6 Å². The number of carbonyl (C=O) groups is 1. The molecule has 2 heterocycles. The van der Waals surface area contributed by atoms with Crippen molar-refractivity contribution in [2.75, 3.05) is 6.54 Å². The Bertz CT molecular complexity index is 783. The number of amides is 2. The van der Waals surface area contributed by atoms with E-state index >= 15 is 0 Å². The number of hydrogen-bond donors (Lipinski definition) is 2. The highest BCUT2D eigenvalue weighted by molar-refractivity contribution is 7.07. The zero-order valence-electron chi connectivity index (χ0n) is 13.4. The van der Waals surface area contributed by atoms with Gasteiger partial charge in [0.25, 0.3) is 0 Å². The highest BCUT2D eigenvalue weighted by atomic mass is 32.1. The van der Waals surface area contributed by atoms with Gasteiger partial charge in [-0.3, -0.25) is 4.68 Å². The number of nitrogens with zero attached hydrogens (tertiary/aromatic N) is 3. The minimum absolute atomic E-state index is 0.187. The third-order valence-corrected chi connectivity index (χ3v) is 4.18. The normalized spacial score (nSPS) is 10.5. The molecule has 1 aromatic carbocycles. The molecule has 124 valence electrons. The number of hydrogen-bond acceptors (Lipinski definition) is 4. The third-order valence-electron chi connectivity index (χ3n) is 3.54. The van der Waals surface area contributed by atoms with E-state index in [1.165, 1.54) is 0 Å². The van der Waals surface area contributed by atoms with E-state index in [2.05, 4.69) is 20.7 Å². The van der Waals surface area contributed by atoms with E-state index in [9.17, 15) is 4.79 Å². The van der Waals surface area contributed by atoms with Crippen LogP contribution in [0.15, 0.2) is 47.4 Å². The van der Waals surface area contributed by atoms with Crippen molar-refractivity contribution in [2.24, 2.45) is 7.05 Å². The van der Waals surface area contributed by atoms with Gasteiger partial charge in [-0.25, -0.2) is 9.78 Å². The molecule has 0 radical (unpaired) electrons. The average Bonchev–Trinajstić information content (AvgIpc) is 3.23. The van der Waals surface area contributed by atoms with Gasteiger partial charge in [0.05, 0.1) is 16.9 Å². The molecule has 6 nitrogen and oxygen atoms in total. The first-order chi connectivity index (χ1) is 11.7. The Morgan fingerprint density at radius 1 is 1.25 bits per heavy atom. The van der Waals surface area contributed by atoms with E-state index < -0.39 is 0 Å². The van der Waals surface area contributed by atoms with Crippen molar-refractivity contribution in [3.63, 3.8) is 0 Å². The summed E-state index contributed by atoms with van der Waals surface area (Å²) in [6.07, 6.45) is 2.66. The second-order valence-corrected chi connectivity index (χ2v) is 6.10. The van der Waals surface area contributed by atoms with Crippen LogP contribution in [-0.4, -0.2) is 27.3 Å². The zero-order valence-corrected chi connectivity index (χ0v) is 14.2. The molecule has 2 amide bonds. The van der Waals surface area contributed by atoms with E-state index in [0.717, 1.165) is 28.9 Å². The highest BCUT2D eigenvalue weighted by Gasteiger charge is 2.11. The molecular formula is C17H19N5OS. The molecule has 3 rings (SSSR count). The fourth-order valence-corrected chi connectivity index (χ4v) is 3.00. The summed E-state index contributed by atoms with van der Waals surface area (Å²) in [5.41, 5.74) is 5.71. The van der Waals surface area contributed by atoms with Crippen LogP contribution in [0.3, 0.4) is 0 Å². The van der Waals surface area contributed by atoms with E-state index in [-0.39, 0.29) is 6.03 Å². The van der Waals surface area contributed by atoms with E-state index in [0.29, 0.717) is 13.1 Å². The molecule has 3 aromatic rings. The molecule has 7 heteroatoms. The van der Waals surface area contributed by atoms with Crippen molar-refractivity contribution in [1.82, 2.24) is 25.4 Å². The van der Waals surface area contributed by atoms with Crippen molar-refractivity contribution >= 4 is 17.4 Å². The van der Waals surface area contributed by atoms with Gasteiger partial charge in [0, 0.05) is 49.3 Å². The van der Waals surface area contributed by atoms with Gasteiger partial charge in [-0.2, -0.15) is 5.10 Å². The Labute approximate surface area is 144 Å². The van der Waals surface area contributed by atoms with Crippen molar-refractivity contribution in [3.05, 3.63) is 58.7 Å². The van der Waals surface area contributed by atoms with Crippen LogP contribution in [0.25, 0.3) is 11.3 Å². The van der Waals surface area contributed by atoms with Gasteiger partial charge in [0.1, 0.15) is 0 Å². The summed E-state index contributed by atoms with van der Waals surface area (Å²) in [5, 5.41) is 12.2. The fraction of sp³-hybridized carbons (Fsp3) is 0.235. The molecule has 0 unspecified atom stereocenters. The number of aryl methyl sites for hydroxylation is 1. The number of rotatable bonds is 6. The predicted molar refractivity (Wildman–Crippen MR) is 94.7 cm³/mol. The maximum Gasteiger partial charge on any atom is 0.315 e. The molecule has 24 heavy (non-hydrogen) atoms. The molecular weight excluding hydrogens is 322 g/mol. The summed E-state index contributed by atoms with van der Waals surface area (Å²) in [4.78, 5) is 16.1. The topological polar surface area (TPSA) is 71.8 Å². The maximum atomic E-state index is 11.9. The standard InChI is InChI=1S/C17H19N5OS/c1-22-10-14(16(21-22)13-5-3-2-4-6-13)9-19-17(23)18-8-7-15-11-24-12-20-15/h2-6,10-12H,7-9H2,1H3,(H2,18,19,23). The molecule has 0 aliphatic heterocycles. The number of nitrogens with one attached hydrogen (secondary N) is 2. The van der Waals surface area contributed by atoms with E-state index in [1.807, 2.05) is 49.0 Å². The molecule has 0 saturated carbocycles. The second kappa shape index (κ2) is 7.74. The van der Waals surface area contributed by atoms with E-state index in [4.69, 9.17) is 0 Å². The van der Waals surface area contributed by atoms with Crippen LogP contribution in [0.4, 0.5) is 4.79 Å². The second-order valence-electron chi connectivity index (χ2n) is 5.38. The quantitative estimate of drug-likeness (QED) is 0.724. The lowest BCUT2D eigenvalue weighted by Crippen LogP contribution is -2.36. The number of carbonyl (C=O) groups excluding carboxylic acids is 1. The van der Waals surface area contributed by atoms with Gasteiger partial charge in [-0.05, 0) is 0 Å². The molecule has 0 saturated heterocycles. The van der Waals surface area contributed by atoms with Gasteiger partial charge in [-0.1, -0.05) is 30.3 Å². The highest BCUT2D eigenvalue weighted by Crippen LogP contribution is 2.21. The lowest BCUT2D eigenvalue weighted by atomic mass is 10.1. The van der Waals surface area contributed by atoms with Gasteiger partial charge < -0.3 is 10.6 Å². The SMILES string of the molecule is Cn1cc(CNC(=O)NCCc2cscn2)c(-c2ccccc2)n1. The predicted octanol–water partition coefficient (Wildman–Crippen LogP) is 2.59. The summed E-state index contributed by atoms with van der Waals surface area (Å²) < 4.78 is 1.76. The van der Waals surface area contributed by atoms with Gasteiger partial charge in [0.2, 0.25) is 0 Å². The van der Waals surface area contributed by atoms with Crippen LogP contribution in [0.5, 0.6) is 0 Å². The molecule has 0 fully saturated rings. The Hall–Kier alpha value is -2.67. The van der Waals surface area contributed by atoms with Crippen LogP contribution >= 0.6 is 11.3 Å². The summed E-state index contributed by atoms with van der Waals surface area (Å²) in [5.74, 6) is 0. The number of aromatic nitrogens is 3. The minimum Gasteiger partial charge on any atom is -0.338 e. The summed E-state index contributed by atoms with van der Waals surface area (Å²) >= 11 is 1.56. The Balaban J connectivity index is 1.54. The summed E-state index contributed by atoms with van der Waals surface area (Å²) in [6.45, 7) is 0.995. The first-order valence-electron chi connectivity index (χ1n) is 7.69. The monoisotopic (exact) mass is 341 g/mol. The van der Waals surface area contributed by atoms with Crippen LogP contribution in [0.2, 0.25) is 0 Å². The summed E-state index contributed by atoms with van der Waals surface area (Å²) in [7, 11) is 1.88. The lowest BCUT2D eigenvalue weighted by molar-refractivity contribution is 0.240. The molecule has 0 atom stereocenters. The first kappa shape index (κ1) is 16.2. The Morgan fingerprint density at radius 3 is 2.83 bits per heavy atom. The zero-order chi connectivity index (χ0) is 16.8. The lowest BCUT2D eigenvalue weighted by Gasteiger charge is -2.07. The molecule has 0 bridgehead atoms.